The van der Waals surface area contributed by atoms with Crippen LogP contribution in [0.5, 0.6) is 0 Å². The molecule has 0 unspecified atom stereocenters. The minimum absolute atomic E-state index is 0.199. The molecule has 0 spiro atoms. The van der Waals surface area contributed by atoms with Gasteiger partial charge >= 0.3 is 6.03 Å². The molecule has 3 amide bonds. The minimum atomic E-state index is -0.255. The fraction of sp³-hybridized carbons (Fsp3) is 0.308. The number of amides is 3. The number of nitrogens with zero attached hydrogens (tertiary/aromatic N) is 2. The van der Waals surface area contributed by atoms with Crippen molar-refractivity contribution in [1.82, 2.24) is 20.5 Å². The molecule has 7 nitrogen and oxygen atoms in total. The molecule has 4 N–H and O–H groups in total. The van der Waals surface area contributed by atoms with Crippen LogP contribution in [0.3, 0.4) is 0 Å². The molecular weight excluding hydrogens is 290 g/mol. The summed E-state index contributed by atoms with van der Waals surface area (Å²) in [7, 11) is 3.30. The van der Waals surface area contributed by atoms with Gasteiger partial charge in [0.1, 0.15) is 10.4 Å². The third-order valence-electron chi connectivity index (χ3n) is 2.78. The third kappa shape index (κ3) is 3.40. The Kier molecular flexibility index (Phi) is 4.59. The van der Waals surface area contributed by atoms with Crippen LogP contribution in [0, 0.1) is 0 Å². The average molecular weight is 307 g/mol. The van der Waals surface area contributed by atoms with Gasteiger partial charge in [-0.2, -0.15) is 0 Å². The molecule has 0 saturated heterocycles. The van der Waals surface area contributed by atoms with Crippen molar-refractivity contribution >= 4 is 39.2 Å². The Morgan fingerprint density at radius 3 is 2.71 bits per heavy atom. The number of anilines is 1. The highest BCUT2D eigenvalue weighted by atomic mass is 32.1. The lowest BCUT2D eigenvalue weighted by Gasteiger charge is -2.12. The SMILES string of the molecule is CN(C)C(=O)NCCNC(=O)c1sc2cccnc2c1N. The molecule has 21 heavy (non-hydrogen) atoms. The number of aromatic nitrogens is 1. The van der Waals surface area contributed by atoms with Crippen molar-refractivity contribution in [2.75, 3.05) is 32.9 Å². The summed E-state index contributed by atoms with van der Waals surface area (Å²) in [4.78, 5) is 29.4. The molecule has 0 aliphatic carbocycles. The second-order valence-corrected chi connectivity index (χ2v) is 5.63. The van der Waals surface area contributed by atoms with E-state index in [2.05, 4.69) is 15.6 Å². The molecule has 0 aromatic carbocycles. The molecule has 2 rings (SSSR count). The van der Waals surface area contributed by atoms with Crippen molar-refractivity contribution in [1.29, 1.82) is 0 Å². The minimum Gasteiger partial charge on any atom is -0.396 e. The van der Waals surface area contributed by atoms with Gasteiger partial charge in [0, 0.05) is 33.4 Å². The van der Waals surface area contributed by atoms with E-state index in [1.165, 1.54) is 16.2 Å². The monoisotopic (exact) mass is 307 g/mol. The first kappa shape index (κ1) is 15.0. The van der Waals surface area contributed by atoms with Crippen LogP contribution in [0.2, 0.25) is 0 Å². The first-order valence-corrected chi connectivity index (χ1v) is 7.18. The number of thiophene rings is 1. The number of rotatable bonds is 4. The third-order valence-corrected chi connectivity index (χ3v) is 3.94. The van der Waals surface area contributed by atoms with E-state index in [1.54, 1.807) is 26.4 Å². The van der Waals surface area contributed by atoms with E-state index in [1.807, 2.05) is 6.07 Å². The zero-order valence-corrected chi connectivity index (χ0v) is 12.7. The molecule has 8 heteroatoms. The van der Waals surface area contributed by atoms with Crippen LogP contribution in [0.25, 0.3) is 10.2 Å². The van der Waals surface area contributed by atoms with Crippen LogP contribution >= 0.6 is 11.3 Å². The van der Waals surface area contributed by atoms with E-state index in [0.717, 1.165) is 4.70 Å². The van der Waals surface area contributed by atoms with E-state index in [4.69, 9.17) is 5.73 Å². The number of fused-ring (bicyclic) bond motifs is 1. The van der Waals surface area contributed by atoms with Crippen molar-refractivity contribution in [3.05, 3.63) is 23.2 Å². The molecule has 0 aliphatic rings. The predicted octanol–water partition coefficient (Wildman–Crippen LogP) is 0.880. The molecule has 112 valence electrons. The van der Waals surface area contributed by atoms with Crippen LogP contribution in [0.4, 0.5) is 10.5 Å². The highest BCUT2D eigenvalue weighted by Crippen LogP contribution is 2.31. The Bertz CT molecular complexity index is 668. The molecular formula is C13H17N5O2S. The van der Waals surface area contributed by atoms with Crippen molar-refractivity contribution in [2.24, 2.45) is 0 Å². The number of hydrogen-bond acceptors (Lipinski definition) is 5. The first-order chi connectivity index (χ1) is 10.0. The molecule has 0 radical (unpaired) electrons. The summed E-state index contributed by atoms with van der Waals surface area (Å²) in [5.74, 6) is -0.255. The van der Waals surface area contributed by atoms with Gasteiger partial charge in [-0.25, -0.2) is 4.79 Å². The Hall–Kier alpha value is -2.35. The van der Waals surface area contributed by atoms with E-state index in [9.17, 15) is 9.59 Å². The van der Waals surface area contributed by atoms with E-state index in [-0.39, 0.29) is 11.9 Å². The molecule has 2 heterocycles. The fourth-order valence-electron chi connectivity index (χ4n) is 1.70. The number of urea groups is 1. The summed E-state index contributed by atoms with van der Waals surface area (Å²) in [6.45, 7) is 0.686. The van der Waals surface area contributed by atoms with Crippen LogP contribution in [0.15, 0.2) is 18.3 Å². The zero-order chi connectivity index (χ0) is 15.4. The number of pyridine rings is 1. The highest BCUT2D eigenvalue weighted by molar-refractivity contribution is 7.21. The van der Waals surface area contributed by atoms with Gasteiger partial charge in [-0.1, -0.05) is 0 Å². The van der Waals surface area contributed by atoms with Crippen LogP contribution < -0.4 is 16.4 Å². The zero-order valence-electron chi connectivity index (χ0n) is 11.8. The predicted molar refractivity (Wildman–Crippen MR) is 83.5 cm³/mol. The van der Waals surface area contributed by atoms with Gasteiger partial charge in [0.2, 0.25) is 0 Å². The molecule has 0 atom stereocenters. The standard InChI is InChI=1S/C13H17N5O2S/c1-18(2)13(20)17-7-6-16-12(19)11-9(14)10-8(21-11)4-3-5-15-10/h3-5H,6-7,14H2,1-2H3,(H,16,19)(H,17,20). The quantitative estimate of drug-likeness (QED) is 0.730. The van der Waals surface area contributed by atoms with Crippen molar-refractivity contribution in [3.8, 4) is 0 Å². The van der Waals surface area contributed by atoms with Crippen LogP contribution in [0.1, 0.15) is 9.67 Å². The Morgan fingerprint density at radius 1 is 1.33 bits per heavy atom. The maximum Gasteiger partial charge on any atom is 0.316 e. The van der Waals surface area contributed by atoms with Crippen LogP contribution in [-0.2, 0) is 0 Å². The van der Waals surface area contributed by atoms with Gasteiger partial charge in [-0.05, 0) is 12.1 Å². The Labute approximate surface area is 126 Å². The lowest BCUT2D eigenvalue weighted by Crippen LogP contribution is -2.39. The lowest BCUT2D eigenvalue weighted by molar-refractivity contribution is 0.0958. The normalized spacial score (nSPS) is 10.4. The summed E-state index contributed by atoms with van der Waals surface area (Å²) < 4.78 is 0.876. The summed E-state index contributed by atoms with van der Waals surface area (Å²) in [6, 6.07) is 3.48. The summed E-state index contributed by atoms with van der Waals surface area (Å²) in [6.07, 6.45) is 1.64. The van der Waals surface area contributed by atoms with E-state index >= 15 is 0 Å². The molecule has 2 aromatic rings. The summed E-state index contributed by atoms with van der Waals surface area (Å²) in [5, 5.41) is 5.39. The maximum absolute atomic E-state index is 12.1. The largest absolute Gasteiger partial charge is 0.396 e. The van der Waals surface area contributed by atoms with Gasteiger partial charge in [-0.3, -0.25) is 9.78 Å². The number of nitrogens with two attached hydrogens (primary N) is 1. The van der Waals surface area contributed by atoms with Crippen molar-refractivity contribution in [3.63, 3.8) is 0 Å². The fourth-order valence-corrected chi connectivity index (χ4v) is 2.70. The molecule has 0 aliphatic heterocycles. The van der Waals surface area contributed by atoms with Gasteiger partial charge in [-0.15, -0.1) is 11.3 Å². The topological polar surface area (TPSA) is 100 Å². The number of hydrogen-bond donors (Lipinski definition) is 3. The average Bonchev–Trinajstić information content (AvgIpc) is 2.81. The number of nitrogens with one attached hydrogen (secondary N) is 2. The molecule has 2 aromatic heterocycles. The highest BCUT2D eigenvalue weighted by Gasteiger charge is 2.16. The maximum atomic E-state index is 12.1. The van der Waals surface area contributed by atoms with Gasteiger partial charge in [0.25, 0.3) is 5.91 Å². The van der Waals surface area contributed by atoms with Gasteiger partial charge in [0.05, 0.1) is 10.4 Å². The lowest BCUT2D eigenvalue weighted by atomic mass is 10.3. The van der Waals surface area contributed by atoms with Crippen molar-refractivity contribution < 1.29 is 9.59 Å². The smallest absolute Gasteiger partial charge is 0.316 e. The Morgan fingerprint density at radius 2 is 2.05 bits per heavy atom. The Balaban J connectivity index is 1.94. The number of carbonyl (C=O) groups excluding carboxylic acids is 2. The second kappa shape index (κ2) is 6.40. The van der Waals surface area contributed by atoms with E-state index < -0.39 is 0 Å². The van der Waals surface area contributed by atoms with Crippen molar-refractivity contribution in [2.45, 2.75) is 0 Å². The summed E-state index contributed by atoms with van der Waals surface area (Å²) in [5.41, 5.74) is 6.98. The van der Waals surface area contributed by atoms with E-state index in [0.29, 0.717) is 29.2 Å². The van der Waals surface area contributed by atoms with Crippen LogP contribution in [-0.4, -0.2) is 49.0 Å². The summed E-state index contributed by atoms with van der Waals surface area (Å²) >= 11 is 1.31. The first-order valence-electron chi connectivity index (χ1n) is 6.37. The second-order valence-electron chi connectivity index (χ2n) is 4.58. The van der Waals surface area contributed by atoms with Gasteiger partial charge in [0.15, 0.2) is 0 Å². The number of nitrogen functional groups attached to an aromatic ring is 1. The number of carbonyl (C=O) groups is 2. The van der Waals surface area contributed by atoms with Gasteiger partial charge < -0.3 is 21.3 Å². The molecule has 0 bridgehead atoms. The molecule has 0 saturated carbocycles. The molecule has 0 fully saturated rings.